The fourth-order valence-corrected chi connectivity index (χ4v) is 4.05. The molecule has 3 heteroatoms. The minimum atomic E-state index is -0.463. The van der Waals surface area contributed by atoms with E-state index in [9.17, 15) is 5.11 Å². The Bertz CT molecular complexity index is 667. The van der Waals surface area contributed by atoms with Gasteiger partial charge >= 0.3 is 0 Å². The van der Waals surface area contributed by atoms with Gasteiger partial charge in [-0.1, -0.05) is 31.7 Å². The summed E-state index contributed by atoms with van der Waals surface area (Å²) in [5.74, 6) is 1.51. The van der Waals surface area contributed by atoms with Crippen molar-refractivity contribution in [3.05, 3.63) is 40.5 Å². The number of hydrogen-bond acceptors (Lipinski definition) is 3. The summed E-state index contributed by atoms with van der Waals surface area (Å²) in [5.41, 5.74) is 0.961. The summed E-state index contributed by atoms with van der Waals surface area (Å²) in [5, 5.41) is 12.7. The van der Waals surface area contributed by atoms with Crippen LogP contribution in [-0.2, 0) is 0 Å². The predicted octanol–water partition coefficient (Wildman–Crippen LogP) is 1.61. The van der Waals surface area contributed by atoms with E-state index in [2.05, 4.69) is 23.4 Å². The van der Waals surface area contributed by atoms with Crippen molar-refractivity contribution in [1.82, 2.24) is 9.88 Å². The molecule has 3 fully saturated rings. The molecule has 3 aliphatic heterocycles. The van der Waals surface area contributed by atoms with Crippen LogP contribution in [0.3, 0.4) is 0 Å². The van der Waals surface area contributed by atoms with Gasteiger partial charge in [0.25, 0.3) is 0 Å². The maximum absolute atomic E-state index is 11.0. The van der Waals surface area contributed by atoms with Crippen molar-refractivity contribution in [2.75, 3.05) is 13.1 Å². The number of aliphatic hydroxyl groups is 1. The van der Waals surface area contributed by atoms with Crippen LogP contribution < -0.4 is 10.6 Å². The number of aromatic nitrogens is 1. The number of fused-ring (bicyclic) bond motifs is 3. The molecule has 1 aromatic rings. The van der Waals surface area contributed by atoms with E-state index < -0.39 is 6.10 Å². The van der Waals surface area contributed by atoms with E-state index in [1.807, 2.05) is 31.2 Å². The van der Waals surface area contributed by atoms with Gasteiger partial charge in [0.1, 0.15) is 0 Å². The van der Waals surface area contributed by atoms with Gasteiger partial charge in [0.15, 0.2) is 0 Å². The summed E-state index contributed by atoms with van der Waals surface area (Å²) in [6, 6.07) is 2.18. The second kappa shape index (κ2) is 6.35. The van der Waals surface area contributed by atoms with Crippen LogP contribution in [0.15, 0.2) is 24.4 Å². The zero-order valence-corrected chi connectivity index (χ0v) is 13.6. The van der Waals surface area contributed by atoms with E-state index in [0.29, 0.717) is 0 Å². The molecule has 0 saturated carbocycles. The molecule has 0 radical (unpaired) electrons. The van der Waals surface area contributed by atoms with E-state index in [1.165, 1.54) is 6.42 Å². The van der Waals surface area contributed by atoms with Crippen LogP contribution in [0.25, 0.3) is 12.7 Å². The van der Waals surface area contributed by atoms with Gasteiger partial charge in [-0.15, -0.1) is 0 Å². The minimum Gasteiger partial charge on any atom is -0.387 e. The van der Waals surface area contributed by atoms with Gasteiger partial charge < -0.3 is 5.11 Å². The van der Waals surface area contributed by atoms with Crippen LogP contribution in [0.5, 0.6) is 0 Å². The van der Waals surface area contributed by atoms with E-state index in [0.717, 1.165) is 47.5 Å². The SMILES string of the molecule is C=c1nccc([C@@H](O)[C@H]2CC3CCN2CC3C)/c1=C/C=C\C. The van der Waals surface area contributed by atoms with Crippen molar-refractivity contribution in [2.24, 2.45) is 11.8 Å². The number of nitrogens with zero attached hydrogens (tertiary/aromatic N) is 2. The normalized spacial score (nSPS) is 33.5. The molecular weight excluding hydrogens is 272 g/mol. The van der Waals surface area contributed by atoms with Gasteiger partial charge in [-0.05, 0) is 49.8 Å². The van der Waals surface area contributed by atoms with Crippen molar-refractivity contribution in [1.29, 1.82) is 0 Å². The Morgan fingerprint density at radius 2 is 2.32 bits per heavy atom. The highest BCUT2D eigenvalue weighted by Crippen LogP contribution is 2.39. The highest BCUT2D eigenvalue weighted by molar-refractivity contribution is 5.40. The highest BCUT2D eigenvalue weighted by atomic mass is 16.3. The summed E-state index contributed by atoms with van der Waals surface area (Å²) in [7, 11) is 0. The van der Waals surface area contributed by atoms with Crippen molar-refractivity contribution >= 4 is 12.7 Å². The second-order valence-electron chi connectivity index (χ2n) is 6.72. The summed E-state index contributed by atoms with van der Waals surface area (Å²) in [6.45, 7) is 10.6. The molecule has 2 bridgehead atoms. The molecule has 4 heterocycles. The van der Waals surface area contributed by atoms with E-state index in [1.54, 1.807) is 6.20 Å². The first-order valence-electron chi connectivity index (χ1n) is 8.30. The number of piperidine rings is 3. The van der Waals surface area contributed by atoms with Crippen molar-refractivity contribution in [3.63, 3.8) is 0 Å². The third-order valence-electron chi connectivity index (χ3n) is 5.37. The maximum atomic E-state index is 11.0. The Kier molecular flexibility index (Phi) is 4.46. The maximum Gasteiger partial charge on any atom is 0.0952 e. The van der Waals surface area contributed by atoms with Crippen molar-refractivity contribution in [3.8, 4) is 0 Å². The average Bonchev–Trinajstić information content (AvgIpc) is 2.53. The summed E-state index contributed by atoms with van der Waals surface area (Å²) in [4.78, 5) is 6.75. The fraction of sp³-hybridized carbons (Fsp3) is 0.526. The lowest BCUT2D eigenvalue weighted by atomic mass is 9.74. The quantitative estimate of drug-likeness (QED) is 0.921. The lowest BCUT2D eigenvalue weighted by Gasteiger charge is -2.50. The highest BCUT2D eigenvalue weighted by Gasteiger charge is 2.41. The lowest BCUT2D eigenvalue weighted by Crippen LogP contribution is -2.55. The molecule has 3 saturated heterocycles. The van der Waals surface area contributed by atoms with E-state index in [4.69, 9.17) is 0 Å². The molecule has 0 amide bonds. The van der Waals surface area contributed by atoms with Crippen LogP contribution in [0.2, 0.25) is 0 Å². The summed E-state index contributed by atoms with van der Waals surface area (Å²) < 4.78 is 0. The first-order valence-corrected chi connectivity index (χ1v) is 8.30. The topological polar surface area (TPSA) is 36.4 Å². The van der Waals surface area contributed by atoms with Crippen LogP contribution in [0, 0.1) is 11.8 Å². The van der Waals surface area contributed by atoms with Crippen LogP contribution in [0.1, 0.15) is 38.4 Å². The van der Waals surface area contributed by atoms with Crippen molar-refractivity contribution < 1.29 is 5.11 Å². The van der Waals surface area contributed by atoms with Crippen molar-refractivity contribution in [2.45, 2.75) is 38.8 Å². The number of rotatable bonds is 3. The van der Waals surface area contributed by atoms with E-state index in [-0.39, 0.29) is 6.04 Å². The smallest absolute Gasteiger partial charge is 0.0952 e. The predicted molar refractivity (Wildman–Crippen MR) is 90.5 cm³/mol. The molecule has 0 aliphatic carbocycles. The Balaban J connectivity index is 1.95. The summed E-state index contributed by atoms with van der Waals surface area (Å²) in [6.07, 6.45) is 9.64. The average molecular weight is 298 g/mol. The molecule has 0 aromatic carbocycles. The first-order chi connectivity index (χ1) is 10.6. The summed E-state index contributed by atoms with van der Waals surface area (Å²) >= 11 is 0. The molecule has 1 aromatic heterocycles. The lowest BCUT2D eigenvalue weighted by molar-refractivity contribution is -0.0517. The van der Waals surface area contributed by atoms with Crippen LogP contribution >= 0.6 is 0 Å². The zero-order chi connectivity index (χ0) is 15.7. The van der Waals surface area contributed by atoms with Gasteiger partial charge in [0, 0.05) is 24.0 Å². The van der Waals surface area contributed by atoms with Gasteiger partial charge in [-0.3, -0.25) is 9.88 Å². The van der Waals surface area contributed by atoms with Gasteiger partial charge in [-0.25, -0.2) is 0 Å². The minimum absolute atomic E-state index is 0.231. The molecule has 0 spiro atoms. The number of aliphatic hydroxyl groups excluding tert-OH is 1. The molecule has 118 valence electrons. The third kappa shape index (κ3) is 2.75. The van der Waals surface area contributed by atoms with Gasteiger partial charge in [0.2, 0.25) is 0 Å². The molecule has 22 heavy (non-hydrogen) atoms. The number of pyridine rings is 1. The molecule has 3 aliphatic rings. The zero-order valence-electron chi connectivity index (χ0n) is 13.6. The Morgan fingerprint density at radius 1 is 1.50 bits per heavy atom. The molecular formula is C19H26N2O. The first kappa shape index (κ1) is 15.4. The molecule has 4 rings (SSSR count). The Hall–Kier alpha value is -1.45. The largest absolute Gasteiger partial charge is 0.387 e. The van der Waals surface area contributed by atoms with Crippen LogP contribution in [0.4, 0.5) is 0 Å². The second-order valence-corrected chi connectivity index (χ2v) is 6.72. The Labute approximate surface area is 132 Å². The molecule has 1 N–H and O–H groups in total. The third-order valence-corrected chi connectivity index (χ3v) is 5.37. The van der Waals surface area contributed by atoms with Crippen LogP contribution in [-0.4, -0.2) is 34.1 Å². The monoisotopic (exact) mass is 298 g/mol. The standard InChI is InChI=1S/C19H26N2O/c1-4-5-6-16-14(3)20-9-7-17(16)19(22)18-11-15-8-10-21(18)12-13(15)2/h4-7,9,13,15,18-19,22H,3,8,10-12H2,1-2H3/b5-4-,16-6+/t13?,15?,18-,19-/m1/s1. The number of allylic oxidation sites excluding steroid dienone is 2. The van der Waals surface area contributed by atoms with E-state index >= 15 is 0 Å². The fourth-order valence-electron chi connectivity index (χ4n) is 4.05. The van der Waals surface area contributed by atoms with Gasteiger partial charge in [0.05, 0.1) is 11.5 Å². The molecule has 3 nitrogen and oxygen atoms in total. The Morgan fingerprint density at radius 3 is 2.95 bits per heavy atom. The number of hydrogen-bond donors (Lipinski definition) is 1. The van der Waals surface area contributed by atoms with Gasteiger partial charge in [-0.2, -0.15) is 0 Å². The molecule has 3 unspecified atom stereocenters. The molecule has 5 atom stereocenters.